The van der Waals surface area contributed by atoms with Gasteiger partial charge < -0.3 is 15.5 Å². The summed E-state index contributed by atoms with van der Waals surface area (Å²) in [4.78, 5) is 21.3. The molecule has 0 aliphatic heterocycles. The fourth-order valence-electron chi connectivity index (χ4n) is 1.03. The summed E-state index contributed by atoms with van der Waals surface area (Å²) in [6.45, 7) is 2.11. The predicted molar refractivity (Wildman–Crippen MR) is 55.4 cm³/mol. The number of aliphatic hydroxyl groups excluding tert-OH is 1. The zero-order valence-corrected chi connectivity index (χ0v) is 9.03. The molecule has 88 valence electrons. The SMILES string of the molecule is CCC(O)CNC(=O)CCCCC(=O)O. The highest BCUT2D eigenvalue weighted by atomic mass is 16.4. The van der Waals surface area contributed by atoms with E-state index in [-0.39, 0.29) is 18.9 Å². The van der Waals surface area contributed by atoms with Crippen LogP contribution in [0.1, 0.15) is 39.0 Å². The smallest absolute Gasteiger partial charge is 0.303 e. The largest absolute Gasteiger partial charge is 0.481 e. The number of nitrogens with one attached hydrogen (secondary N) is 1. The van der Waals surface area contributed by atoms with E-state index in [0.717, 1.165) is 0 Å². The molecule has 1 atom stereocenters. The van der Waals surface area contributed by atoms with Gasteiger partial charge in [0.1, 0.15) is 0 Å². The molecule has 0 fully saturated rings. The Morgan fingerprint density at radius 3 is 2.40 bits per heavy atom. The monoisotopic (exact) mass is 217 g/mol. The second-order valence-electron chi connectivity index (χ2n) is 3.47. The molecule has 0 aliphatic carbocycles. The molecular weight excluding hydrogens is 198 g/mol. The number of carboxylic acid groups (broad SMARTS) is 1. The minimum atomic E-state index is -0.836. The Balaban J connectivity index is 3.37. The van der Waals surface area contributed by atoms with Crippen LogP contribution in [0.2, 0.25) is 0 Å². The topological polar surface area (TPSA) is 86.6 Å². The Morgan fingerprint density at radius 1 is 1.27 bits per heavy atom. The van der Waals surface area contributed by atoms with Gasteiger partial charge >= 0.3 is 5.97 Å². The first kappa shape index (κ1) is 13.9. The summed E-state index contributed by atoms with van der Waals surface area (Å²) in [5.41, 5.74) is 0. The third kappa shape index (κ3) is 9.21. The zero-order chi connectivity index (χ0) is 11.7. The number of hydrogen-bond acceptors (Lipinski definition) is 3. The Labute approximate surface area is 89.5 Å². The van der Waals surface area contributed by atoms with Crippen LogP contribution in [0.4, 0.5) is 0 Å². The molecule has 15 heavy (non-hydrogen) atoms. The molecular formula is C10H19NO4. The first-order chi connectivity index (χ1) is 7.06. The molecule has 0 bridgehead atoms. The molecule has 0 aromatic rings. The van der Waals surface area contributed by atoms with Crippen molar-refractivity contribution in [2.75, 3.05) is 6.54 Å². The maximum Gasteiger partial charge on any atom is 0.303 e. The van der Waals surface area contributed by atoms with Crippen LogP contribution in [0.25, 0.3) is 0 Å². The average Bonchev–Trinajstić information content (AvgIpc) is 2.20. The number of hydrogen-bond donors (Lipinski definition) is 3. The van der Waals surface area contributed by atoms with Gasteiger partial charge in [0.05, 0.1) is 6.10 Å². The first-order valence-corrected chi connectivity index (χ1v) is 5.22. The quantitative estimate of drug-likeness (QED) is 0.517. The van der Waals surface area contributed by atoms with Crippen molar-refractivity contribution in [3.05, 3.63) is 0 Å². The van der Waals surface area contributed by atoms with Crippen LogP contribution in [0.15, 0.2) is 0 Å². The van der Waals surface area contributed by atoms with Crippen molar-refractivity contribution in [3.8, 4) is 0 Å². The van der Waals surface area contributed by atoms with E-state index in [1.54, 1.807) is 0 Å². The summed E-state index contributed by atoms with van der Waals surface area (Å²) in [7, 11) is 0. The lowest BCUT2D eigenvalue weighted by molar-refractivity contribution is -0.137. The van der Waals surface area contributed by atoms with Gasteiger partial charge in [-0.1, -0.05) is 6.92 Å². The van der Waals surface area contributed by atoms with Crippen molar-refractivity contribution in [2.45, 2.75) is 45.1 Å². The van der Waals surface area contributed by atoms with E-state index < -0.39 is 12.1 Å². The van der Waals surface area contributed by atoms with E-state index >= 15 is 0 Å². The molecule has 0 aromatic heterocycles. The zero-order valence-electron chi connectivity index (χ0n) is 9.03. The van der Waals surface area contributed by atoms with E-state index in [2.05, 4.69) is 5.32 Å². The van der Waals surface area contributed by atoms with E-state index in [4.69, 9.17) is 10.2 Å². The van der Waals surface area contributed by atoms with Gasteiger partial charge in [-0.2, -0.15) is 0 Å². The highest BCUT2D eigenvalue weighted by Gasteiger charge is 2.05. The average molecular weight is 217 g/mol. The molecule has 0 aromatic carbocycles. The van der Waals surface area contributed by atoms with Gasteiger partial charge in [0, 0.05) is 19.4 Å². The Hall–Kier alpha value is -1.10. The maximum atomic E-state index is 11.1. The van der Waals surface area contributed by atoms with E-state index in [1.807, 2.05) is 6.92 Å². The fourth-order valence-corrected chi connectivity index (χ4v) is 1.03. The standard InChI is InChI=1S/C10H19NO4/c1-2-8(12)7-11-9(13)5-3-4-6-10(14)15/h8,12H,2-7H2,1H3,(H,11,13)(H,14,15). The molecule has 0 saturated carbocycles. The third-order valence-electron chi connectivity index (χ3n) is 2.05. The lowest BCUT2D eigenvalue weighted by Gasteiger charge is -2.08. The second-order valence-corrected chi connectivity index (χ2v) is 3.47. The minimum Gasteiger partial charge on any atom is -0.481 e. The van der Waals surface area contributed by atoms with Gasteiger partial charge in [0.25, 0.3) is 0 Å². The van der Waals surface area contributed by atoms with E-state index in [1.165, 1.54) is 0 Å². The number of unbranched alkanes of at least 4 members (excludes halogenated alkanes) is 1. The van der Waals surface area contributed by atoms with Crippen LogP contribution in [0, 0.1) is 0 Å². The van der Waals surface area contributed by atoms with Gasteiger partial charge in [0.2, 0.25) is 5.91 Å². The second kappa shape index (κ2) is 8.23. The molecule has 0 rings (SSSR count). The summed E-state index contributed by atoms with van der Waals surface area (Å²) in [5, 5.41) is 20.1. The number of carbonyl (C=O) groups is 2. The van der Waals surface area contributed by atoms with Crippen molar-refractivity contribution in [1.82, 2.24) is 5.32 Å². The number of amides is 1. The molecule has 5 nitrogen and oxygen atoms in total. The summed E-state index contributed by atoms with van der Waals surface area (Å²) in [5.74, 6) is -0.968. The van der Waals surface area contributed by atoms with Gasteiger partial charge in [-0.05, 0) is 19.3 Å². The number of carbonyl (C=O) groups excluding carboxylic acids is 1. The molecule has 5 heteroatoms. The lowest BCUT2D eigenvalue weighted by atomic mass is 10.2. The molecule has 0 aliphatic rings. The van der Waals surface area contributed by atoms with Crippen molar-refractivity contribution >= 4 is 11.9 Å². The van der Waals surface area contributed by atoms with Crippen molar-refractivity contribution in [3.63, 3.8) is 0 Å². The van der Waals surface area contributed by atoms with E-state index in [9.17, 15) is 9.59 Å². The molecule has 1 unspecified atom stereocenters. The predicted octanol–water partition coefficient (Wildman–Crippen LogP) is 0.518. The van der Waals surface area contributed by atoms with Gasteiger partial charge in [-0.25, -0.2) is 0 Å². The normalized spacial score (nSPS) is 12.1. The van der Waals surface area contributed by atoms with Crippen molar-refractivity contribution < 1.29 is 19.8 Å². The van der Waals surface area contributed by atoms with Crippen LogP contribution in [-0.4, -0.2) is 34.7 Å². The lowest BCUT2D eigenvalue weighted by Crippen LogP contribution is -2.31. The molecule has 0 heterocycles. The Morgan fingerprint density at radius 2 is 1.87 bits per heavy atom. The van der Waals surface area contributed by atoms with Crippen molar-refractivity contribution in [1.29, 1.82) is 0 Å². The van der Waals surface area contributed by atoms with Crippen LogP contribution in [0.5, 0.6) is 0 Å². The highest BCUT2D eigenvalue weighted by Crippen LogP contribution is 1.99. The number of rotatable bonds is 8. The van der Waals surface area contributed by atoms with Gasteiger partial charge in [0.15, 0.2) is 0 Å². The van der Waals surface area contributed by atoms with Crippen LogP contribution in [0.3, 0.4) is 0 Å². The summed E-state index contributed by atoms with van der Waals surface area (Å²) in [6.07, 6.45) is 1.63. The third-order valence-corrected chi connectivity index (χ3v) is 2.05. The Bertz CT molecular complexity index is 206. The molecule has 3 N–H and O–H groups in total. The highest BCUT2D eigenvalue weighted by molar-refractivity contribution is 5.75. The maximum absolute atomic E-state index is 11.1. The molecule has 0 radical (unpaired) electrons. The summed E-state index contributed by atoms with van der Waals surface area (Å²) >= 11 is 0. The van der Waals surface area contributed by atoms with Gasteiger partial charge in [-0.15, -0.1) is 0 Å². The van der Waals surface area contributed by atoms with Crippen LogP contribution in [-0.2, 0) is 9.59 Å². The minimum absolute atomic E-state index is 0.102. The van der Waals surface area contributed by atoms with E-state index in [0.29, 0.717) is 25.7 Å². The van der Waals surface area contributed by atoms with Gasteiger partial charge in [-0.3, -0.25) is 9.59 Å². The Kier molecular flexibility index (Phi) is 7.62. The molecule has 0 saturated heterocycles. The fraction of sp³-hybridized carbons (Fsp3) is 0.800. The molecule has 0 spiro atoms. The van der Waals surface area contributed by atoms with Crippen molar-refractivity contribution in [2.24, 2.45) is 0 Å². The first-order valence-electron chi connectivity index (χ1n) is 5.22. The van der Waals surface area contributed by atoms with Crippen LogP contribution < -0.4 is 5.32 Å². The van der Waals surface area contributed by atoms with Crippen LogP contribution >= 0.6 is 0 Å². The number of aliphatic hydroxyl groups is 1. The number of aliphatic carboxylic acids is 1. The summed E-state index contributed by atoms with van der Waals surface area (Å²) in [6, 6.07) is 0. The number of carboxylic acids is 1. The molecule has 1 amide bonds. The summed E-state index contributed by atoms with van der Waals surface area (Å²) < 4.78 is 0.